The van der Waals surface area contributed by atoms with Gasteiger partial charge in [0.15, 0.2) is 13.2 Å². The van der Waals surface area contributed by atoms with Gasteiger partial charge in [-0.25, -0.2) is 14.8 Å². The standard InChI is InChI=1S/C42H54F3N9O6/c1-23(2)36(52-54(58)59-7)40(57)53-22-24(3)16-33(53)37-48-21-32(51-37)27-10-8-26(9-11-27)30-14-12-28(17-34(30)60-42(43,44)45)38(55)50-29-13-15-35(47-20-29)46-19-25(4)49-39(56)31-18-41(31,5)6/h8,10,12-15,20-21,23-25,31,33-34,36H,9,11,16-19,22H2,1-7H3,(H4-,46,47,48,49,50,51,52,55,56,58)/p+1. The van der Waals surface area contributed by atoms with E-state index < -0.39 is 24.4 Å². The number of aromatic amines is 1. The average molecular weight is 839 g/mol. The number of carbonyl (C=O) groups is 3. The van der Waals surface area contributed by atoms with Crippen molar-refractivity contribution in [1.82, 2.24) is 30.6 Å². The minimum Gasteiger partial charge on any atom is -0.368 e. The Morgan fingerprint density at radius 3 is 2.38 bits per heavy atom. The molecule has 3 amide bonds. The molecule has 15 nitrogen and oxygen atoms in total. The number of aromatic nitrogens is 3. The van der Waals surface area contributed by atoms with Crippen LogP contribution in [-0.4, -0.2) is 87.4 Å². The summed E-state index contributed by atoms with van der Waals surface area (Å²) in [6, 6.07) is 2.01. The number of imidazole rings is 1. The highest BCUT2D eigenvalue weighted by Gasteiger charge is 2.50. The Hall–Kier alpha value is -5.52. The monoisotopic (exact) mass is 838 g/mol. The van der Waals surface area contributed by atoms with Crippen molar-refractivity contribution in [2.45, 2.75) is 104 Å². The third-order valence-electron chi connectivity index (χ3n) is 11.5. The number of halogens is 3. The quantitative estimate of drug-likeness (QED) is 0.118. The SMILES string of the molecule is CO[N+](=O)NC(C(=O)N1CC(C)CC1c1ncc(C2=CC=C(C3=CC=C(C(=O)Nc4ccc(NCC(C)NC(=O)C5CC5(C)C)nc4)CC3OC(F)(F)F)CC2)[nH]1)C(C)C. The van der Waals surface area contributed by atoms with Crippen molar-refractivity contribution in [2.75, 3.05) is 30.8 Å². The van der Waals surface area contributed by atoms with Crippen LogP contribution in [-0.2, 0) is 24.0 Å². The summed E-state index contributed by atoms with van der Waals surface area (Å²) in [5.74, 6) is 0.366. The largest absolute Gasteiger partial charge is 0.523 e. The van der Waals surface area contributed by atoms with E-state index in [1.807, 2.05) is 33.8 Å². The molecule has 1 saturated heterocycles. The van der Waals surface area contributed by atoms with Crippen LogP contribution in [0, 0.1) is 28.1 Å². The third-order valence-corrected chi connectivity index (χ3v) is 11.5. The van der Waals surface area contributed by atoms with Crippen molar-refractivity contribution in [3.8, 4) is 0 Å². The second-order valence-corrected chi connectivity index (χ2v) is 17.2. The van der Waals surface area contributed by atoms with Crippen LogP contribution in [0.5, 0.6) is 0 Å². The number of pyridine rings is 1. The van der Waals surface area contributed by atoms with Gasteiger partial charge in [0, 0.05) is 37.0 Å². The third kappa shape index (κ3) is 10.8. The van der Waals surface area contributed by atoms with Crippen LogP contribution < -0.4 is 21.4 Å². The van der Waals surface area contributed by atoms with E-state index in [0.29, 0.717) is 60.8 Å². The van der Waals surface area contributed by atoms with Gasteiger partial charge in [0.05, 0.1) is 35.9 Å². The van der Waals surface area contributed by atoms with E-state index in [4.69, 9.17) is 0 Å². The summed E-state index contributed by atoms with van der Waals surface area (Å²) < 4.78 is 45.7. The molecule has 6 atom stereocenters. The lowest BCUT2D eigenvalue weighted by Gasteiger charge is -2.28. The normalized spacial score (nSPS) is 23.4. The lowest BCUT2D eigenvalue weighted by molar-refractivity contribution is -0.839. The number of nitrogens with zero attached hydrogens (tertiary/aromatic N) is 4. The molecular weight excluding hydrogens is 784 g/mol. The molecule has 2 aromatic rings. The van der Waals surface area contributed by atoms with E-state index in [0.717, 1.165) is 17.7 Å². The number of amides is 3. The molecule has 6 unspecified atom stereocenters. The number of rotatable bonds is 16. The highest BCUT2D eigenvalue weighted by Crippen LogP contribution is 2.51. The van der Waals surface area contributed by atoms with Crippen LogP contribution in [0.1, 0.15) is 91.2 Å². The van der Waals surface area contributed by atoms with Crippen molar-refractivity contribution >= 4 is 34.8 Å². The van der Waals surface area contributed by atoms with Crippen LogP contribution >= 0.6 is 0 Å². The fraction of sp³-hybridized carbons (Fsp3) is 0.548. The summed E-state index contributed by atoms with van der Waals surface area (Å²) in [4.78, 5) is 69.9. The van der Waals surface area contributed by atoms with E-state index >= 15 is 0 Å². The van der Waals surface area contributed by atoms with Gasteiger partial charge in [-0.15, -0.1) is 13.2 Å². The highest BCUT2D eigenvalue weighted by molar-refractivity contribution is 6.04. The number of alkyl halides is 3. The van der Waals surface area contributed by atoms with Crippen molar-refractivity contribution in [3.05, 3.63) is 82.0 Å². The highest BCUT2D eigenvalue weighted by atomic mass is 19.4. The van der Waals surface area contributed by atoms with Gasteiger partial charge in [0.25, 0.3) is 11.8 Å². The van der Waals surface area contributed by atoms with Gasteiger partial charge >= 0.3 is 11.4 Å². The molecule has 2 fully saturated rings. The number of hydrogen-bond acceptors (Lipinski definition) is 9. The number of allylic oxidation sites excluding steroid dienone is 5. The predicted molar refractivity (Wildman–Crippen MR) is 217 cm³/mol. The first-order chi connectivity index (χ1) is 28.3. The Balaban J connectivity index is 1.10. The molecule has 0 spiro atoms. The summed E-state index contributed by atoms with van der Waals surface area (Å²) >= 11 is 0. The van der Waals surface area contributed by atoms with Gasteiger partial charge in [-0.05, 0) is 78.7 Å². The zero-order valence-corrected chi connectivity index (χ0v) is 35.0. The van der Waals surface area contributed by atoms with E-state index in [9.17, 15) is 32.5 Å². The molecule has 60 heavy (non-hydrogen) atoms. The minimum absolute atomic E-state index is 0.0279. The maximum Gasteiger partial charge on any atom is 0.523 e. The van der Waals surface area contributed by atoms with E-state index in [2.05, 4.69) is 59.8 Å². The van der Waals surface area contributed by atoms with Crippen LogP contribution in [0.3, 0.4) is 0 Å². The number of ether oxygens (including phenoxy) is 1. The summed E-state index contributed by atoms with van der Waals surface area (Å²) in [7, 11) is 1.21. The van der Waals surface area contributed by atoms with Gasteiger partial charge in [-0.1, -0.05) is 64.3 Å². The maximum atomic E-state index is 13.7. The Bertz CT molecular complexity index is 2070. The van der Waals surface area contributed by atoms with Gasteiger partial charge in [-0.2, -0.15) is 0 Å². The van der Waals surface area contributed by atoms with Gasteiger partial charge < -0.3 is 25.8 Å². The zero-order valence-electron chi connectivity index (χ0n) is 35.0. The number of carbonyl (C=O) groups excluding carboxylic acids is 3. The van der Waals surface area contributed by atoms with Crippen LogP contribution in [0.25, 0.3) is 5.57 Å². The first-order valence-electron chi connectivity index (χ1n) is 20.3. The summed E-state index contributed by atoms with van der Waals surface area (Å²) in [5, 5.41) is 9.05. The fourth-order valence-electron chi connectivity index (χ4n) is 7.93. The van der Waals surface area contributed by atoms with Gasteiger partial charge in [0.1, 0.15) is 16.5 Å². The van der Waals surface area contributed by atoms with Gasteiger partial charge in [0.2, 0.25) is 5.91 Å². The van der Waals surface area contributed by atoms with Crippen molar-refractivity contribution in [1.29, 1.82) is 0 Å². The van der Waals surface area contributed by atoms with E-state index in [-0.39, 0.29) is 64.1 Å². The molecule has 324 valence electrons. The molecule has 0 bridgehead atoms. The molecule has 3 heterocycles. The molecule has 6 rings (SSSR count). The smallest absolute Gasteiger partial charge is 0.368 e. The number of hydrazine groups is 1. The van der Waals surface area contributed by atoms with E-state index in [1.54, 1.807) is 29.3 Å². The number of H-pyrrole nitrogens is 1. The van der Waals surface area contributed by atoms with E-state index in [1.165, 1.54) is 25.5 Å². The molecule has 5 N–H and O–H groups in total. The van der Waals surface area contributed by atoms with Crippen molar-refractivity contribution in [2.24, 2.45) is 23.2 Å². The van der Waals surface area contributed by atoms with Crippen LogP contribution in [0.15, 0.2) is 65.5 Å². The Kier molecular flexibility index (Phi) is 13.2. The molecule has 2 aromatic heterocycles. The predicted octanol–water partition coefficient (Wildman–Crippen LogP) is 6.45. The molecule has 3 aliphatic carbocycles. The van der Waals surface area contributed by atoms with Crippen LogP contribution in [0.2, 0.25) is 0 Å². The molecule has 0 aromatic carbocycles. The molecular formula is C42H55F3N9O6+. The molecule has 1 aliphatic heterocycles. The lowest BCUT2D eigenvalue weighted by Crippen LogP contribution is -2.51. The minimum atomic E-state index is -4.94. The number of anilines is 2. The first-order valence-corrected chi connectivity index (χ1v) is 20.3. The topological polar surface area (TPSA) is 183 Å². The van der Waals surface area contributed by atoms with Crippen LogP contribution in [0.4, 0.5) is 24.7 Å². The second-order valence-electron chi connectivity index (χ2n) is 17.2. The number of likely N-dealkylation sites (tertiary alicyclic amines) is 1. The summed E-state index contributed by atoms with van der Waals surface area (Å²) in [6.45, 7) is 12.7. The lowest BCUT2D eigenvalue weighted by atomic mass is 9.84. The molecule has 18 heteroatoms. The fourth-order valence-corrected chi connectivity index (χ4v) is 7.93. The molecule has 1 saturated carbocycles. The Labute approximate surface area is 347 Å². The average Bonchev–Trinajstić information content (AvgIpc) is 3.48. The molecule has 4 aliphatic rings. The second kappa shape index (κ2) is 18.0. The maximum absolute atomic E-state index is 13.7. The Morgan fingerprint density at radius 2 is 1.77 bits per heavy atom. The van der Waals surface area contributed by atoms with Crippen molar-refractivity contribution in [3.63, 3.8) is 0 Å². The molecule has 0 radical (unpaired) electrons. The summed E-state index contributed by atoms with van der Waals surface area (Å²) in [5.41, 5.74) is 5.69. The number of hydrogen-bond donors (Lipinski definition) is 5. The summed E-state index contributed by atoms with van der Waals surface area (Å²) in [6.07, 6.45) is 5.51. The van der Waals surface area contributed by atoms with Gasteiger partial charge in [-0.3, -0.25) is 19.1 Å². The van der Waals surface area contributed by atoms with Crippen molar-refractivity contribution < 1.29 is 42.2 Å². The Morgan fingerprint density at radius 1 is 1.05 bits per heavy atom. The number of nitrogens with one attached hydrogen (secondary N) is 5. The first kappa shape index (κ1) is 44.0. The zero-order chi connectivity index (χ0) is 43.5.